The number of H-pyrrole nitrogens is 1. The molecule has 15 heteroatoms. The average Bonchev–Trinajstić information content (AvgIpc) is 3.22. The maximum absolute atomic E-state index is 13.9. The Hall–Kier alpha value is -4.28. The minimum absolute atomic E-state index is 0.115. The summed E-state index contributed by atoms with van der Waals surface area (Å²) < 4.78 is 41.6. The number of piperazine rings is 2. The Bertz CT molecular complexity index is 1890. The van der Waals surface area contributed by atoms with Crippen molar-refractivity contribution in [2.24, 2.45) is 5.92 Å². The van der Waals surface area contributed by atoms with Crippen molar-refractivity contribution in [3.63, 3.8) is 0 Å². The van der Waals surface area contributed by atoms with Crippen LogP contribution in [0.25, 0.3) is 11.1 Å². The molecule has 0 bridgehead atoms. The second-order valence-electron chi connectivity index (χ2n) is 16.0. The van der Waals surface area contributed by atoms with Crippen LogP contribution in [0.2, 0.25) is 0 Å². The number of likely N-dealkylation sites (tertiary alicyclic amines) is 1. The van der Waals surface area contributed by atoms with E-state index >= 15 is 0 Å². The lowest BCUT2D eigenvalue weighted by Crippen LogP contribution is -2.50. The zero-order chi connectivity index (χ0) is 39.9. The molecule has 4 aliphatic heterocycles. The number of piperidine rings is 2. The van der Waals surface area contributed by atoms with Gasteiger partial charge in [0.05, 0.1) is 22.5 Å². The fourth-order valence-electron chi connectivity index (χ4n) is 8.68. The lowest BCUT2D eigenvalue weighted by Gasteiger charge is -2.39. The van der Waals surface area contributed by atoms with Crippen LogP contribution in [-0.2, 0) is 17.5 Å². The first kappa shape index (κ1) is 40.9. The first-order valence-electron chi connectivity index (χ1n) is 20.5. The zero-order valence-corrected chi connectivity index (χ0v) is 32.9. The SMILES string of the molecule is CN1CCN(c2ccc(-c3cccc(CN4CCN(CCNC(=O)C5CCN(C6CCNCC6)CC5)CC4)c3)cc2NC(=O)c2c[nH]c(=O)cc2C(F)(F)F)CC1. The van der Waals surface area contributed by atoms with Gasteiger partial charge >= 0.3 is 6.18 Å². The van der Waals surface area contributed by atoms with Crippen molar-refractivity contribution in [3.05, 3.63) is 81.8 Å². The highest BCUT2D eigenvalue weighted by molar-refractivity contribution is 6.07. The molecule has 0 radical (unpaired) electrons. The Morgan fingerprint density at radius 2 is 1.53 bits per heavy atom. The van der Waals surface area contributed by atoms with E-state index in [1.54, 1.807) is 0 Å². The third-order valence-corrected chi connectivity index (χ3v) is 12.1. The number of alkyl halides is 3. The number of amides is 2. The van der Waals surface area contributed by atoms with Crippen LogP contribution in [0.3, 0.4) is 0 Å². The van der Waals surface area contributed by atoms with Gasteiger partial charge in [-0.25, -0.2) is 0 Å². The number of nitrogens with one attached hydrogen (secondary N) is 4. The molecular formula is C42H56F3N9O3. The van der Waals surface area contributed by atoms with Crippen molar-refractivity contribution in [1.82, 2.24) is 35.2 Å². The predicted molar refractivity (Wildman–Crippen MR) is 217 cm³/mol. The topological polar surface area (TPSA) is 119 Å². The van der Waals surface area contributed by atoms with Gasteiger partial charge in [-0.1, -0.05) is 24.3 Å². The summed E-state index contributed by atoms with van der Waals surface area (Å²) in [5.41, 5.74) is 1.14. The van der Waals surface area contributed by atoms with Gasteiger partial charge in [0, 0.05) is 96.2 Å². The summed E-state index contributed by atoms with van der Waals surface area (Å²) in [6.45, 7) is 13.2. The van der Waals surface area contributed by atoms with E-state index in [-0.39, 0.29) is 11.8 Å². The van der Waals surface area contributed by atoms with Gasteiger partial charge in [0.1, 0.15) is 0 Å². The van der Waals surface area contributed by atoms with Crippen LogP contribution in [0, 0.1) is 5.92 Å². The third-order valence-electron chi connectivity index (χ3n) is 12.1. The lowest BCUT2D eigenvalue weighted by molar-refractivity contribution is -0.138. The molecule has 4 saturated heterocycles. The highest BCUT2D eigenvalue weighted by Gasteiger charge is 2.36. The molecule has 2 aromatic carbocycles. The molecule has 12 nitrogen and oxygen atoms in total. The third kappa shape index (κ3) is 10.6. The van der Waals surface area contributed by atoms with E-state index in [9.17, 15) is 27.6 Å². The van der Waals surface area contributed by atoms with E-state index in [0.29, 0.717) is 37.4 Å². The van der Waals surface area contributed by atoms with Crippen LogP contribution in [0.4, 0.5) is 24.5 Å². The molecule has 0 atom stereocenters. The van der Waals surface area contributed by atoms with Crippen LogP contribution in [0.15, 0.2) is 59.5 Å². The Labute approximate surface area is 332 Å². The van der Waals surface area contributed by atoms with Crippen LogP contribution in [0.1, 0.15) is 47.2 Å². The number of pyridine rings is 1. The van der Waals surface area contributed by atoms with Gasteiger partial charge < -0.3 is 35.6 Å². The lowest BCUT2D eigenvalue weighted by atomic mass is 9.93. The number of benzene rings is 2. The van der Waals surface area contributed by atoms with E-state index in [2.05, 4.69) is 57.6 Å². The summed E-state index contributed by atoms with van der Waals surface area (Å²) >= 11 is 0. The molecule has 2 amide bonds. The number of likely N-dealkylation sites (N-methyl/N-ethyl adjacent to an activating group) is 1. The average molecular weight is 792 g/mol. The second kappa shape index (κ2) is 18.5. The second-order valence-corrected chi connectivity index (χ2v) is 16.0. The highest BCUT2D eigenvalue weighted by Crippen LogP contribution is 2.35. The smallest absolute Gasteiger partial charge is 0.367 e. The Kier molecular flexibility index (Phi) is 13.3. The van der Waals surface area contributed by atoms with Crippen molar-refractivity contribution in [1.29, 1.82) is 0 Å². The molecule has 0 spiro atoms. The van der Waals surface area contributed by atoms with Crippen molar-refractivity contribution in [2.75, 3.05) is 109 Å². The Balaban J connectivity index is 0.937. The van der Waals surface area contributed by atoms with E-state index < -0.39 is 28.8 Å². The maximum atomic E-state index is 13.9. The first-order valence-corrected chi connectivity index (χ1v) is 20.5. The van der Waals surface area contributed by atoms with E-state index in [1.807, 2.05) is 37.4 Å². The Morgan fingerprint density at radius 1 is 0.825 bits per heavy atom. The minimum atomic E-state index is -4.88. The predicted octanol–water partition coefficient (Wildman–Crippen LogP) is 3.76. The molecule has 7 rings (SSSR count). The van der Waals surface area contributed by atoms with Crippen molar-refractivity contribution in [3.8, 4) is 11.1 Å². The van der Waals surface area contributed by atoms with Crippen LogP contribution < -0.4 is 26.4 Å². The van der Waals surface area contributed by atoms with Gasteiger partial charge in [-0.05, 0) is 93.8 Å². The molecule has 308 valence electrons. The van der Waals surface area contributed by atoms with Crippen molar-refractivity contribution in [2.45, 2.75) is 44.4 Å². The number of halogens is 3. The molecule has 0 unspecified atom stereocenters. The number of anilines is 2. The van der Waals surface area contributed by atoms with Gasteiger partial charge in [-0.3, -0.25) is 24.2 Å². The fraction of sp³-hybridized carbons (Fsp3) is 0.548. The summed E-state index contributed by atoms with van der Waals surface area (Å²) in [6, 6.07) is 15.0. The van der Waals surface area contributed by atoms with Gasteiger partial charge in [0.15, 0.2) is 0 Å². The van der Waals surface area contributed by atoms with Gasteiger partial charge in [-0.15, -0.1) is 0 Å². The normalized spacial score (nSPS) is 20.1. The molecule has 4 aliphatic rings. The summed E-state index contributed by atoms with van der Waals surface area (Å²) in [7, 11) is 2.03. The summed E-state index contributed by atoms with van der Waals surface area (Å²) in [6.07, 6.45) is 0.241. The number of aromatic nitrogens is 1. The highest BCUT2D eigenvalue weighted by atomic mass is 19.4. The van der Waals surface area contributed by atoms with Crippen LogP contribution >= 0.6 is 0 Å². The van der Waals surface area contributed by atoms with Crippen molar-refractivity contribution < 1.29 is 22.8 Å². The monoisotopic (exact) mass is 791 g/mol. The molecule has 1 aromatic heterocycles. The van der Waals surface area contributed by atoms with E-state index in [4.69, 9.17) is 0 Å². The molecule has 0 aliphatic carbocycles. The van der Waals surface area contributed by atoms with Crippen molar-refractivity contribution >= 4 is 23.2 Å². The summed E-state index contributed by atoms with van der Waals surface area (Å²) in [4.78, 5) is 52.1. The molecule has 4 N–H and O–H groups in total. The number of hydrogen-bond donors (Lipinski definition) is 4. The minimum Gasteiger partial charge on any atom is -0.367 e. The number of aromatic amines is 1. The molecular weight excluding hydrogens is 736 g/mol. The van der Waals surface area contributed by atoms with E-state index in [0.717, 1.165) is 120 Å². The summed E-state index contributed by atoms with van der Waals surface area (Å²) in [5, 5.41) is 9.41. The maximum Gasteiger partial charge on any atom is 0.417 e. The number of hydrogen-bond acceptors (Lipinski definition) is 9. The largest absolute Gasteiger partial charge is 0.417 e. The number of nitrogens with zero attached hydrogens (tertiary/aromatic N) is 5. The van der Waals surface area contributed by atoms with Crippen LogP contribution in [-0.4, -0.2) is 141 Å². The van der Waals surface area contributed by atoms with Gasteiger partial charge in [0.2, 0.25) is 11.5 Å². The van der Waals surface area contributed by atoms with E-state index in [1.165, 1.54) is 12.8 Å². The van der Waals surface area contributed by atoms with Gasteiger partial charge in [-0.2, -0.15) is 13.2 Å². The van der Waals surface area contributed by atoms with Crippen LogP contribution in [0.5, 0.6) is 0 Å². The fourth-order valence-corrected chi connectivity index (χ4v) is 8.68. The zero-order valence-electron chi connectivity index (χ0n) is 32.9. The van der Waals surface area contributed by atoms with Gasteiger partial charge in [0.25, 0.3) is 5.91 Å². The Morgan fingerprint density at radius 3 is 2.25 bits per heavy atom. The summed E-state index contributed by atoms with van der Waals surface area (Å²) in [5.74, 6) is -0.638. The first-order chi connectivity index (χ1) is 27.5. The molecule has 4 fully saturated rings. The molecule has 0 saturated carbocycles. The molecule has 57 heavy (non-hydrogen) atoms. The number of carbonyl (C=O) groups is 2. The number of rotatable bonds is 11. The number of carbonyl (C=O) groups excluding carboxylic acids is 2. The quantitative estimate of drug-likeness (QED) is 0.231. The molecule has 3 aromatic rings. The standard InChI is InChI=1S/C42H56F3N9O3/c1-50-17-23-54(24-18-50)38-6-5-33(26-37(38)49-41(57)35-28-48-39(55)27-36(35)42(43,44)45)32-4-2-3-30(25-32)29-52-21-19-51(20-22-52)16-13-47-40(56)31-9-14-53(15-10-31)34-7-11-46-12-8-34/h2-6,25-28,31,34,46H,7-24,29H2,1H3,(H,47,56)(H,48,55)(H,49,57). The molecule has 5 heterocycles.